The lowest BCUT2D eigenvalue weighted by Gasteiger charge is -2.14. The van der Waals surface area contributed by atoms with Crippen molar-refractivity contribution in [2.24, 2.45) is 5.92 Å². The monoisotopic (exact) mass is 387 g/mol. The molecule has 1 aliphatic heterocycles. The number of hydrogen-bond acceptors (Lipinski definition) is 4. The predicted molar refractivity (Wildman–Crippen MR) is 111 cm³/mol. The fourth-order valence-electron chi connectivity index (χ4n) is 4.00. The maximum atomic E-state index is 5.65. The lowest BCUT2D eigenvalue weighted by atomic mass is 9.96. The third-order valence-electron chi connectivity index (χ3n) is 5.64. The van der Waals surface area contributed by atoms with Gasteiger partial charge in [0.2, 0.25) is 0 Å². The Hall–Kier alpha value is -3.05. The fraction of sp³-hybridized carbons (Fsp3) is 0.250. The summed E-state index contributed by atoms with van der Waals surface area (Å²) in [7, 11) is 3.39. The number of rotatable bonds is 6. The second-order valence-electron chi connectivity index (χ2n) is 7.32. The number of hydrogen-bond donors (Lipinski definition) is 0. The Morgan fingerprint density at radius 2 is 1.90 bits per heavy atom. The minimum Gasteiger partial charge on any atom is -0.497 e. The van der Waals surface area contributed by atoms with Crippen LogP contribution in [0.1, 0.15) is 12.0 Å². The van der Waals surface area contributed by atoms with Crippen molar-refractivity contribution in [3.63, 3.8) is 0 Å². The van der Waals surface area contributed by atoms with Gasteiger partial charge in [0, 0.05) is 23.7 Å². The van der Waals surface area contributed by atoms with Crippen LogP contribution in [0.25, 0.3) is 16.9 Å². The minimum atomic E-state index is 0.517. The maximum absolute atomic E-state index is 5.65. The van der Waals surface area contributed by atoms with Crippen LogP contribution in [0.4, 0.5) is 0 Å². The summed E-state index contributed by atoms with van der Waals surface area (Å²) < 4.78 is 18.4. The molecule has 0 unspecified atom stereocenters. The van der Waals surface area contributed by atoms with Crippen LogP contribution in [0, 0.1) is 11.8 Å². The number of methoxy groups -OCH3 is 2. The molecule has 0 spiro atoms. The SMILES string of the molecule is COc1ccc(-n2nccc2-c2ccc(OC)c([C]3C=C3[C@@H]3CCOC3)c2)cc1. The van der Waals surface area contributed by atoms with Crippen LogP contribution in [-0.4, -0.2) is 37.2 Å². The van der Waals surface area contributed by atoms with Gasteiger partial charge >= 0.3 is 0 Å². The first-order valence-electron chi connectivity index (χ1n) is 9.82. The maximum Gasteiger partial charge on any atom is 0.123 e. The Kier molecular flexibility index (Phi) is 4.60. The highest BCUT2D eigenvalue weighted by Crippen LogP contribution is 2.49. The number of aromatic nitrogens is 2. The molecule has 0 bridgehead atoms. The van der Waals surface area contributed by atoms with E-state index in [0.717, 1.165) is 53.6 Å². The van der Waals surface area contributed by atoms with Crippen molar-refractivity contribution < 1.29 is 14.2 Å². The van der Waals surface area contributed by atoms with Crippen molar-refractivity contribution in [1.82, 2.24) is 9.78 Å². The molecule has 1 radical (unpaired) electrons. The first-order chi connectivity index (χ1) is 14.3. The molecule has 2 aromatic carbocycles. The standard InChI is InChI=1S/C24H23N2O3/c1-27-19-6-4-18(5-7-19)26-23(9-11-25-26)16-3-8-24(28-2)22(13-16)21-14-20(21)17-10-12-29-15-17/h3-9,11,13-14,17H,10,12,15H2,1-2H3/t17-/m1/s1. The largest absolute Gasteiger partial charge is 0.497 e. The molecule has 0 saturated carbocycles. The van der Waals surface area contributed by atoms with Gasteiger partial charge in [0.15, 0.2) is 0 Å². The van der Waals surface area contributed by atoms with Gasteiger partial charge in [-0.05, 0) is 55.0 Å². The van der Waals surface area contributed by atoms with Gasteiger partial charge in [-0.15, -0.1) is 0 Å². The molecule has 3 aromatic rings. The topological polar surface area (TPSA) is 45.5 Å². The summed E-state index contributed by atoms with van der Waals surface area (Å²) in [6, 6.07) is 16.3. The van der Waals surface area contributed by atoms with Crippen LogP contribution in [-0.2, 0) is 4.74 Å². The van der Waals surface area contributed by atoms with Gasteiger partial charge in [-0.3, -0.25) is 0 Å². The van der Waals surface area contributed by atoms with Gasteiger partial charge in [-0.2, -0.15) is 5.10 Å². The van der Waals surface area contributed by atoms with Gasteiger partial charge in [0.1, 0.15) is 11.5 Å². The number of allylic oxidation sites excluding steroid dienone is 1. The lowest BCUT2D eigenvalue weighted by molar-refractivity contribution is 0.191. The lowest BCUT2D eigenvalue weighted by Crippen LogP contribution is -2.02. The highest BCUT2D eigenvalue weighted by Gasteiger charge is 2.37. The van der Waals surface area contributed by atoms with Gasteiger partial charge < -0.3 is 14.2 Å². The smallest absolute Gasteiger partial charge is 0.123 e. The predicted octanol–water partition coefficient (Wildman–Crippen LogP) is 4.46. The van der Waals surface area contributed by atoms with Crippen molar-refractivity contribution in [3.05, 3.63) is 77.9 Å². The van der Waals surface area contributed by atoms with E-state index in [9.17, 15) is 0 Å². The first kappa shape index (κ1) is 18.0. The van der Waals surface area contributed by atoms with Crippen molar-refractivity contribution in [2.75, 3.05) is 27.4 Å². The molecule has 2 aliphatic rings. The van der Waals surface area contributed by atoms with E-state index in [1.54, 1.807) is 14.2 Å². The van der Waals surface area contributed by atoms with E-state index in [1.165, 1.54) is 11.5 Å². The summed E-state index contributed by atoms with van der Waals surface area (Å²) in [5.74, 6) is 3.52. The van der Waals surface area contributed by atoms with Crippen LogP contribution in [0.15, 0.2) is 66.4 Å². The Morgan fingerprint density at radius 3 is 2.62 bits per heavy atom. The molecular weight excluding hydrogens is 364 g/mol. The second kappa shape index (κ2) is 7.41. The molecule has 0 N–H and O–H groups in total. The van der Waals surface area contributed by atoms with Gasteiger partial charge in [0.25, 0.3) is 0 Å². The Labute approximate surface area is 170 Å². The summed E-state index contributed by atoms with van der Waals surface area (Å²) in [5, 5.41) is 4.54. The zero-order valence-corrected chi connectivity index (χ0v) is 16.6. The van der Waals surface area contributed by atoms with E-state index in [1.807, 2.05) is 47.3 Å². The van der Waals surface area contributed by atoms with Gasteiger partial charge in [0.05, 0.1) is 44.3 Å². The van der Waals surface area contributed by atoms with Crippen LogP contribution in [0.5, 0.6) is 11.5 Å². The molecule has 5 heteroatoms. The highest BCUT2D eigenvalue weighted by molar-refractivity contribution is 5.73. The summed E-state index contributed by atoms with van der Waals surface area (Å²) in [5.41, 5.74) is 5.66. The molecule has 29 heavy (non-hydrogen) atoms. The highest BCUT2D eigenvalue weighted by atomic mass is 16.5. The molecule has 5 rings (SSSR count). The molecule has 147 valence electrons. The van der Waals surface area contributed by atoms with E-state index < -0.39 is 0 Å². The number of benzene rings is 2. The van der Waals surface area contributed by atoms with Crippen LogP contribution in [0.3, 0.4) is 0 Å². The van der Waals surface area contributed by atoms with Gasteiger partial charge in [-0.25, -0.2) is 4.68 Å². The average molecular weight is 387 g/mol. The Morgan fingerprint density at radius 1 is 1.03 bits per heavy atom. The molecule has 1 saturated heterocycles. The summed E-state index contributed by atoms with van der Waals surface area (Å²) >= 11 is 0. The molecule has 2 heterocycles. The average Bonchev–Trinajstić information content (AvgIpc) is 3.17. The molecule has 1 aliphatic carbocycles. The minimum absolute atomic E-state index is 0.517. The van der Waals surface area contributed by atoms with Crippen LogP contribution in [0.2, 0.25) is 0 Å². The molecule has 1 fully saturated rings. The third-order valence-corrected chi connectivity index (χ3v) is 5.64. The first-order valence-corrected chi connectivity index (χ1v) is 9.82. The summed E-state index contributed by atoms with van der Waals surface area (Å²) in [6.07, 6.45) is 5.19. The molecule has 5 nitrogen and oxygen atoms in total. The number of ether oxygens (including phenoxy) is 3. The van der Waals surface area contributed by atoms with Crippen molar-refractivity contribution in [1.29, 1.82) is 0 Å². The van der Waals surface area contributed by atoms with Crippen molar-refractivity contribution >= 4 is 0 Å². The van der Waals surface area contributed by atoms with Gasteiger partial charge in [-0.1, -0.05) is 11.6 Å². The van der Waals surface area contributed by atoms with E-state index in [4.69, 9.17) is 14.2 Å². The van der Waals surface area contributed by atoms with E-state index in [-0.39, 0.29) is 0 Å². The quantitative estimate of drug-likeness (QED) is 0.627. The van der Waals surface area contributed by atoms with Crippen molar-refractivity contribution in [2.45, 2.75) is 6.42 Å². The zero-order chi connectivity index (χ0) is 19.8. The normalized spacial score (nSPS) is 18.6. The second-order valence-corrected chi connectivity index (χ2v) is 7.32. The van der Waals surface area contributed by atoms with E-state index in [2.05, 4.69) is 23.3 Å². The zero-order valence-electron chi connectivity index (χ0n) is 16.6. The third kappa shape index (κ3) is 3.32. The number of nitrogens with zero attached hydrogens (tertiary/aromatic N) is 2. The van der Waals surface area contributed by atoms with Crippen LogP contribution < -0.4 is 9.47 Å². The summed E-state index contributed by atoms with van der Waals surface area (Å²) in [4.78, 5) is 0. The molecule has 1 aromatic heterocycles. The van der Waals surface area contributed by atoms with E-state index >= 15 is 0 Å². The molecular formula is C24H23N2O3. The van der Waals surface area contributed by atoms with E-state index in [0.29, 0.717) is 5.92 Å². The Bertz CT molecular complexity index is 1050. The van der Waals surface area contributed by atoms with Crippen molar-refractivity contribution in [3.8, 4) is 28.4 Å². The fourth-order valence-corrected chi connectivity index (χ4v) is 4.00. The molecule has 1 atom stereocenters. The summed E-state index contributed by atoms with van der Waals surface area (Å²) in [6.45, 7) is 1.68. The van der Waals surface area contributed by atoms with Crippen LogP contribution >= 0.6 is 0 Å². The Balaban J connectivity index is 1.47. The molecule has 0 amide bonds.